The van der Waals surface area contributed by atoms with Crippen LogP contribution in [-0.4, -0.2) is 34.7 Å². The van der Waals surface area contributed by atoms with Gasteiger partial charge in [0.2, 0.25) is 0 Å². The molecule has 0 aliphatic carbocycles. The number of nitrogens with one attached hydrogen (secondary N) is 2. The first-order chi connectivity index (χ1) is 17.2. The highest BCUT2D eigenvalue weighted by Crippen LogP contribution is 2.23. The standard InChI is InChI=1S/C26H31N5O5/c1-4-36-26(35)28-20-12-8-11-19(15-20)24(33)30(14-13-17(2)3)21-22(27)31(25(34)29-23(21)32)16-18-9-6-5-7-10-18/h5-12,15,17H,4,13-14,16,27H2,1-3H3,(H,28,35)(H,29,32,34). The molecular weight excluding hydrogens is 462 g/mol. The van der Waals surface area contributed by atoms with E-state index in [-0.39, 0.29) is 42.7 Å². The lowest BCUT2D eigenvalue weighted by Gasteiger charge is -2.25. The molecule has 3 aromatic rings. The smallest absolute Gasteiger partial charge is 0.411 e. The molecule has 4 N–H and O–H groups in total. The number of nitrogens with zero attached hydrogens (tertiary/aromatic N) is 2. The van der Waals surface area contributed by atoms with Crippen LogP contribution in [0.3, 0.4) is 0 Å². The summed E-state index contributed by atoms with van der Waals surface area (Å²) in [5.74, 6) is -0.372. The third-order valence-corrected chi connectivity index (χ3v) is 5.47. The van der Waals surface area contributed by atoms with Gasteiger partial charge >= 0.3 is 11.8 Å². The van der Waals surface area contributed by atoms with Gasteiger partial charge < -0.3 is 15.4 Å². The molecule has 0 aliphatic rings. The third-order valence-electron chi connectivity index (χ3n) is 5.47. The summed E-state index contributed by atoms with van der Waals surface area (Å²) in [6.45, 7) is 6.20. The van der Waals surface area contributed by atoms with E-state index in [4.69, 9.17) is 10.5 Å². The van der Waals surface area contributed by atoms with Gasteiger partial charge in [-0.3, -0.25) is 24.5 Å². The number of rotatable bonds is 9. The van der Waals surface area contributed by atoms with Crippen LogP contribution in [0.2, 0.25) is 0 Å². The summed E-state index contributed by atoms with van der Waals surface area (Å²) in [5, 5.41) is 2.56. The summed E-state index contributed by atoms with van der Waals surface area (Å²) in [4.78, 5) is 54.6. The normalized spacial score (nSPS) is 10.8. The zero-order valence-corrected chi connectivity index (χ0v) is 20.6. The van der Waals surface area contributed by atoms with Crippen molar-refractivity contribution in [1.29, 1.82) is 0 Å². The highest BCUT2D eigenvalue weighted by molar-refractivity contribution is 6.08. The first-order valence-electron chi connectivity index (χ1n) is 11.7. The van der Waals surface area contributed by atoms with E-state index in [0.29, 0.717) is 12.1 Å². The van der Waals surface area contributed by atoms with Crippen LogP contribution in [0.5, 0.6) is 0 Å². The molecule has 0 fully saturated rings. The zero-order valence-electron chi connectivity index (χ0n) is 20.6. The average molecular weight is 494 g/mol. The Morgan fingerprint density at radius 3 is 2.50 bits per heavy atom. The van der Waals surface area contributed by atoms with Crippen LogP contribution < -0.4 is 27.2 Å². The number of carbonyl (C=O) groups excluding carboxylic acids is 2. The van der Waals surface area contributed by atoms with Crippen LogP contribution in [-0.2, 0) is 11.3 Å². The van der Waals surface area contributed by atoms with Gasteiger partial charge in [-0.1, -0.05) is 50.2 Å². The molecule has 0 spiro atoms. The van der Waals surface area contributed by atoms with Crippen molar-refractivity contribution in [3.05, 3.63) is 86.6 Å². The Bertz CT molecular complexity index is 1330. The van der Waals surface area contributed by atoms with Gasteiger partial charge in [-0.05, 0) is 43.0 Å². The molecule has 3 rings (SSSR count). The number of anilines is 3. The minimum atomic E-state index is -0.750. The predicted octanol–water partition coefficient (Wildman–Crippen LogP) is 3.43. The van der Waals surface area contributed by atoms with Gasteiger partial charge in [-0.25, -0.2) is 9.59 Å². The number of benzene rings is 2. The summed E-state index contributed by atoms with van der Waals surface area (Å²) in [5.41, 5.74) is 6.25. The molecule has 10 heteroatoms. The summed E-state index contributed by atoms with van der Waals surface area (Å²) in [7, 11) is 0. The molecule has 0 radical (unpaired) electrons. The lowest BCUT2D eigenvalue weighted by atomic mass is 10.1. The van der Waals surface area contributed by atoms with Crippen LogP contribution in [0.1, 0.15) is 43.1 Å². The largest absolute Gasteiger partial charge is 0.450 e. The monoisotopic (exact) mass is 493 g/mol. The second-order valence-electron chi connectivity index (χ2n) is 8.63. The highest BCUT2D eigenvalue weighted by atomic mass is 16.5. The molecule has 0 unspecified atom stereocenters. The van der Waals surface area contributed by atoms with Crippen LogP contribution in [0.25, 0.3) is 0 Å². The van der Waals surface area contributed by atoms with Crippen LogP contribution >= 0.6 is 0 Å². The maximum atomic E-state index is 13.7. The molecule has 1 heterocycles. The van der Waals surface area contributed by atoms with Crippen molar-refractivity contribution in [1.82, 2.24) is 9.55 Å². The molecule has 2 aromatic carbocycles. The Labute approximate surface area is 208 Å². The number of amides is 2. The number of hydrogen-bond acceptors (Lipinski definition) is 6. The molecule has 1 aromatic heterocycles. The molecule has 2 amide bonds. The fourth-order valence-electron chi connectivity index (χ4n) is 3.63. The SMILES string of the molecule is CCOC(=O)Nc1cccc(C(=O)N(CCC(C)C)c2c(N)n(Cc3ccccc3)c(=O)[nH]c2=O)c1. The van der Waals surface area contributed by atoms with Gasteiger partial charge in [0.25, 0.3) is 11.5 Å². The third kappa shape index (κ3) is 6.41. The lowest BCUT2D eigenvalue weighted by molar-refractivity contribution is 0.0985. The van der Waals surface area contributed by atoms with Crippen molar-refractivity contribution in [3.63, 3.8) is 0 Å². The van der Waals surface area contributed by atoms with Crippen molar-refractivity contribution in [3.8, 4) is 0 Å². The predicted molar refractivity (Wildman–Crippen MR) is 139 cm³/mol. The number of carbonyl (C=O) groups is 2. The molecule has 0 aliphatic heterocycles. The Kier molecular flexibility index (Phi) is 8.66. The number of ether oxygens (including phenoxy) is 1. The van der Waals surface area contributed by atoms with Crippen LogP contribution in [0.4, 0.5) is 22.0 Å². The fraction of sp³-hybridized carbons (Fsp3) is 0.308. The Morgan fingerprint density at radius 2 is 1.83 bits per heavy atom. The Morgan fingerprint density at radius 1 is 1.11 bits per heavy atom. The van der Waals surface area contributed by atoms with Gasteiger partial charge in [-0.2, -0.15) is 0 Å². The molecule has 0 saturated heterocycles. The summed E-state index contributed by atoms with van der Waals surface area (Å²) in [6, 6.07) is 15.5. The quantitative estimate of drug-likeness (QED) is 0.417. The number of hydrogen-bond donors (Lipinski definition) is 3. The van der Waals surface area contributed by atoms with Gasteiger partial charge in [-0.15, -0.1) is 0 Å². The summed E-state index contributed by atoms with van der Waals surface area (Å²) >= 11 is 0. The van der Waals surface area contributed by atoms with E-state index >= 15 is 0 Å². The average Bonchev–Trinajstić information content (AvgIpc) is 2.84. The van der Waals surface area contributed by atoms with Crippen molar-refractivity contribution >= 4 is 29.2 Å². The maximum Gasteiger partial charge on any atom is 0.411 e. The Hall–Kier alpha value is -4.34. The molecule has 0 saturated carbocycles. The molecule has 36 heavy (non-hydrogen) atoms. The first kappa shape index (κ1) is 26.3. The zero-order chi connectivity index (χ0) is 26.2. The second-order valence-corrected chi connectivity index (χ2v) is 8.63. The molecule has 0 bridgehead atoms. The first-order valence-corrected chi connectivity index (χ1v) is 11.7. The number of nitrogen functional groups attached to an aromatic ring is 1. The van der Waals surface area contributed by atoms with E-state index in [1.165, 1.54) is 15.5 Å². The van der Waals surface area contributed by atoms with E-state index in [1.54, 1.807) is 25.1 Å². The van der Waals surface area contributed by atoms with E-state index in [1.807, 2.05) is 44.2 Å². The topological polar surface area (TPSA) is 140 Å². The molecule has 10 nitrogen and oxygen atoms in total. The van der Waals surface area contributed by atoms with E-state index in [0.717, 1.165) is 5.56 Å². The summed E-state index contributed by atoms with van der Waals surface area (Å²) < 4.78 is 6.13. The van der Waals surface area contributed by atoms with E-state index < -0.39 is 23.2 Å². The number of aromatic nitrogens is 2. The highest BCUT2D eigenvalue weighted by Gasteiger charge is 2.26. The van der Waals surface area contributed by atoms with E-state index in [2.05, 4.69) is 10.3 Å². The second kappa shape index (κ2) is 11.9. The van der Waals surface area contributed by atoms with Gasteiger partial charge in [0.15, 0.2) is 5.69 Å². The fourth-order valence-corrected chi connectivity index (χ4v) is 3.63. The lowest BCUT2D eigenvalue weighted by Crippen LogP contribution is -2.42. The minimum absolute atomic E-state index is 0.0973. The number of aromatic amines is 1. The molecular formula is C26H31N5O5. The van der Waals surface area contributed by atoms with Gasteiger partial charge in [0, 0.05) is 17.8 Å². The van der Waals surface area contributed by atoms with Crippen molar-refractivity contribution in [2.24, 2.45) is 5.92 Å². The van der Waals surface area contributed by atoms with Gasteiger partial charge in [0.05, 0.1) is 13.2 Å². The maximum absolute atomic E-state index is 13.7. The number of H-pyrrole nitrogens is 1. The Balaban J connectivity index is 2.05. The van der Waals surface area contributed by atoms with Crippen molar-refractivity contribution in [2.45, 2.75) is 33.7 Å². The molecule has 0 atom stereocenters. The van der Waals surface area contributed by atoms with Crippen LogP contribution in [0, 0.1) is 5.92 Å². The minimum Gasteiger partial charge on any atom is -0.450 e. The molecule has 190 valence electrons. The van der Waals surface area contributed by atoms with Crippen molar-refractivity contribution < 1.29 is 14.3 Å². The summed E-state index contributed by atoms with van der Waals surface area (Å²) in [6.07, 6.45) is -0.0594. The van der Waals surface area contributed by atoms with Crippen molar-refractivity contribution in [2.75, 3.05) is 29.1 Å². The van der Waals surface area contributed by atoms with Gasteiger partial charge in [0.1, 0.15) is 5.82 Å². The number of nitrogens with two attached hydrogens (primary N) is 1. The van der Waals surface area contributed by atoms with Crippen LogP contribution in [0.15, 0.2) is 64.2 Å². The van der Waals surface area contributed by atoms with E-state index in [9.17, 15) is 19.2 Å².